The summed E-state index contributed by atoms with van der Waals surface area (Å²) in [7, 11) is 0. The largest absolute Gasteiger partial charge is 0.351 e. The molecule has 17 heavy (non-hydrogen) atoms. The van der Waals surface area contributed by atoms with E-state index in [9.17, 15) is 4.79 Å². The number of rotatable bonds is 1. The molecule has 0 N–H and O–H groups in total. The molecule has 5 nitrogen and oxygen atoms in total. The molecule has 1 saturated heterocycles. The van der Waals surface area contributed by atoms with Gasteiger partial charge in [-0.15, -0.1) is 11.3 Å². The van der Waals surface area contributed by atoms with E-state index in [1.807, 2.05) is 11.8 Å². The Labute approximate surface area is 104 Å². The van der Waals surface area contributed by atoms with Crippen LogP contribution < -0.4 is 4.90 Å². The van der Waals surface area contributed by atoms with Crippen LogP contribution in [0.15, 0.2) is 0 Å². The zero-order valence-corrected chi connectivity index (χ0v) is 10.8. The third-order valence-corrected chi connectivity index (χ3v) is 3.71. The van der Waals surface area contributed by atoms with Gasteiger partial charge in [-0.2, -0.15) is 5.26 Å². The van der Waals surface area contributed by atoms with Crippen LogP contribution in [0.25, 0.3) is 0 Å². The van der Waals surface area contributed by atoms with E-state index in [0.717, 1.165) is 23.9 Å². The van der Waals surface area contributed by atoms with Gasteiger partial charge in [0.25, 0.3) is 0 Å². The number of aromatic nitrogens is 1. The summed E-state index contributed by atoms with van der Waals surface area (Å²) in [4.78, 5) is 20.2. The van der Waals surface area contributed by atoms with Crippen molar-refractivity contribution in [2.75, 3.05) is 31.1 Å². The number of nitriles is 1. The number of thiazole rings is 1. The predicted octanol–water partition coefficient (Wildman–Crippen LogP) is 0.992. The van der Waals surface area contributed by atoms with Crippen molar-refractivity contribution in [3.8, 4) is 6.07 Å². The Morgan fingerprint density at radius 2 is 2.06 bits per heavy atom. The molecule has 90 valence electrons. The standard InChI is InChI=1S/C11H14N4OS/c1-8-13-11(10(7-12)17-8)15-5-3-14(4-6-15)9(2)16/h3-6H2,1-2H3. The van der Waals surface area contributed by atoms with E-state index in [4.69, 9.17) is 5.26 Å². The molecule has 0 saturated carbocycles. The fourth-order valence-electron chi connectivity index (χ4n) is 1.94. The smallest absolute Gasteiger partial charge is 0.219 e. The molecule has 0 spiro atoms. The van der Waals surface area contributed by atoms with Gasteiger partial charge in [-0.05, 0) is 6.92 Å². The summed E-state index contributed by atoms with van der Waals surface area (Å²) in [6.07, 6.45) is 0. The Kier molecular flexibility index (Phi) is 3.29. The van der Waals surface area contributed by atoms with Crippen LogP contribution in [0.3, 0.4) is 0 Å². The van der Waals surface area contributed by atoms with E-state index < -0.39 is 0 Å². The minimum absolute atomic E-state index is 0.111. The van der Waals surface area contributed by atoms with Gasteiger partial charge in [-0.1, -0.05) is 0 Å². The first kappa shape index (κ1) is 11.9. The zero-order chi connectivity index (χ0) is 12.4. The third-order valence-electron chi connectivity index (χ3n) is 2.84. The molecule has 1 aliphatic heterocycles. The Morgan fingerprint density at radius 1 is 1.41 bits per heavy atom. The van der Waals surface area contributed by atoms with Crippen LogP contribution in [0.5, 0.6) is 0 Å². The molecule has 0 aromatic carbocycles. The van der Waals surface area contributed by atoms with Gasteiger partial charge in [0.2, 0.25) is 5.91 Å². The number of hydrogen-bond donors (Lipinski definition) is 0. The second-order valence-electron chi connectivity index (χ2n) is 3.99. The number of amides is 1. The van der Waals surface area contributed by atoms with E-state index in [2.05, 4.69) is 16.0 Å². The van der Waals surface area contributed by atoms with Crippen molar-refractivity contribution in [3.63, 3.8) is 0 Å². The van der Waals surface area contributed by atoms with Gasteiger partial charge in [0, 0.05) is 33.1 Å². The number of hydrogen-bond acceptors (Lipinski definition) is 5. The first-order chi connectivity index (χ1) is 8.11. The van der Waals surface area contributed by atoms with E-state index in [0.29, 0.717) is 18.0 Å². The first-order valence-electron chi connectivity index (χ1n) is 5.50. The summed E-state index contributed by atoms with van der Waals surface area (Å²) in [5, 5.41) is 9.94. The third kappa shape index (κ3) is 2.39. The second-order valence-corrected chi connectivity index (χ2v) is 5.19. The lowest BCUT2D eigenvalue weighted by Gasteiger charge is -2.34. The first-order valence-corrected chi connectivity index (χ1v) is 6.31. The quantitative estimate of drug-likeness (QED) is 0.746. The van der Waals surface area contributed by atoms with Crippen molar-refractivity contribution in [3.05, 3.63) is 9.88 Å². The van der Waals surface area contributed by atoms with Crippen LogP contribution >= 0.6 is 11.3 Å². The molecule has 1 fully saturated rings. The van der Waals surface area contributed by atoms with E-state index >= 15 is 0 Å². The average Bonchev–Trinajstić information content (AvgIpc) is 2.70. The fourth-order valence-corrected chi connectivity index (χ4v) is 2.68. The van der Waals surface area contributed by atoms with Crippen molar-refractivity contribution >= 4 is 23.1 Å². The van der Waals surface area contributed by atoms with Gasteiger partial charge in [-0.3, -0.25) is 4.79 Å². The highest BCUT2D eigenvalue weighted by atomic mass is 32.1. The lowest BCUT2D eigenvalue weighted by Crippen LogP contribution is -2.48. The number of piperazine rings is 1. The molecule has 1 aromatic rings. The number of carbonyl (C=O) groups is 1. The molecule has 0 radical (unpaired) electrons. The summed E-state index contributed by atoms with van der Waals surface area (Å²) in [6, 6.07) is 2.18. The highest BCUT2D eigenvalue weighted by molar-refractivity contribution is 7.12. The van der Waals surface area contributed by atoms with E-state index in [1.165, 1.54) is 11.3 Å². The Hall–Kier alpha value is -1.61. The van der Waals surface area contributed by atoms with Gasteiger partial charge >= 0.3 is 0 Å². The monoisotopic (exact) mass is 250 g/mol. The Balaban J connectivity index is 2.10. The maximum Gasteiger partial charge on any atom is 0.219 e. The Bertz CT molecular complexity index is 468. The topological polar surface area (TPSA) is 60.2 Å². The molecular formula is C11H14N4OS. The highest BCUT2D eigenvalue weighted by Crippen LogP contribution is 2.25. The lowest BCUT2D eigenvalue weighted by molar-refractivity contribution is -0.129. The minimum atomic E-state index is 0.111. The average molecular weight is 250 g/mol. The van der Waals surface area contributed by atoms with Crippen molar-refractivity contribution in [2.24, 2.45) is 0 Å². The van der Waals surface area contributed by atoms with Crippen LogP contribution in [0, 0.1) is 18.3 Å². The van der Waals surface area contributed by atoms with Gasteiger partial charge in [-0.25, -0.2) is 4.98 Å². The van der Waals surface area contributed by atoms with Crippen molar-refractivity contribution in [2.45, 2.75) is 13.8 Å². The summed E-state index contributed by atoms with van der Waals surface area (Å²) in [5.74, 6) is 0.887. The summed E-state index contributed by atoms with van der Waals surface area (Å²) >= 11 is 1.42. The van der Waals surface area contributed by atoms with Gasteiger partial charge < -0.3 is 9.80 Å². The lowest BCUT2D eigenvalue weighted by atomic mass is 10.3. The molecule has 1 amide bonds. The molecule has 2 heterocycles. The predicted molar refractivity (Wildman–Crippen MR) is 66.0 cm³/mol. The summed E-state index contributed by atoms with van der Waals surface area (Å²) in [5.41, 5.74) is 0. The van der Waals surface area contributed by atoms with Crippen LogP contribution in [0.2, 0.25) is 0 Å². The Morgan fingerprint density at radius 3 is 2.59 bits per heavy atom. The normalized spacial score (nSPS) is 15.8. The van der Waals surface area contributed by atoms with Gasteiger partial charge in [0.05, 0.1) is 5.01 Å². The molecule has 0 atom stereocenters. The maximum atomic E-state index is 11.2. The SMILES string of the molecule is CC(=O)N1CCN(c2nc(C)sc2C#N)CC1. The van der Waals surface area contributed by atoms with Crippen molar-refractivity contribution in [1.82, 2.24) is 9.88 Å². The van der Waals surface area contributed by atoms with Crippen molar-refractivity contribution in [1.29, 1.82) is 5.26 Å². The van der Waals surface area contributed by atoms with Gasteiger partial charge in [0.15, 0.2) is 5.82 Å². The number of carbonyl (C=O) groups excluding carboxylic acids is 1. The summed E-state index contributed by atoms with van der Waals surface area (Å²) in [6.45, 7) is 6.40. The van der Waals surface area contributed by atoms with Crippen LogP contribution in [-0.2, 0) is 4.79 Å². The zero-order valence-electron chi connectivity index (χ0n) is 9.93. The summed E-state index contributed by atoms with van der Waals surface area (Å²) < 4.78 is 0. The number of aryl methyl sites for hydroxylation is 1. The highest BCUT2D eigenvalue weighted by Gasteiger charge is 2.22. The maximum absolute atomic E-state index is 11.2. The van der Waals surface area contributed by atoms with E-state index in [-0.39, 0.29) is 5.91 Å². The fraction of sp³-hybridized carbons (Fsp3) is 0.545. The number of anilines is 1. The van der Waals surface area contributed by atoms with Crippen LogP contribution in [-0.4, -0.2) is 42.0 Å². The van der Waals surface area contributed by atoms with Crippen LogP contribution in [0.4, 0.5) is 5.82 Å². The van der Waals surface area contributed by atoms with Crippen molar-refractivity contribution < 1.29 is 4.79 Å². The second kappa shape index (κ2) is 4.72. The molecule has 0 unspecified atom stereocenters. The molecular weight excluding hydrogens is 236 g/mol. The van der Waals surface area contributed by atoms with Crippen LogP contribution in [0.1, 0.15) is 16.8 Å². The molecule has 1 aliphatic rings. The molecule has 2 rings (SSSR count). The molecule has 1 aromatic heterocycles. The molecule has 0 bridgehead atoms. The van der Waals surface area contributed by atoms with Gasteiger partial charge in [0.1, 0.15) is 10.9 Å². The molecule has 6 heteroatoms. The number of nitrogens with zero attached hydrogens (tertiary/aromatic N) is 4. The molecule has 0 aliphatic carbocycles. The van der Waals surface area contributed by atoms with E-state index in [1.54, 1.807) is 6.92 Å². The minimum Gasteiger partial charge on any atom is -0.351 e.